The summed E-state index contributed by atoms with van der Waals surface area (Å²) in [4.78, 5) is 0. The highest BCUT2D eigenvalue weighted by Gasteiger charge is 2.51. The molecule has 0 N–H and O–H groups in total. The van der Waals surface area contributed by atoms with E-state index >= 15 is 0 Å². The van der Waals surface area contributed by atoms with E-state index in [0.717, 1.165) is 17.0 Å². The lowest BCUT2D eigenvalue weighted by Crippen LogP contribution is -2.28. The fourth-order valence-corrected chi connectivity index (χ4v) is 12.7. The summed E-state index contributed by atoms with van der Waals surface area (Å²) in [6.45, 7) is 0. The summed E-state index contributed by atoms with van der Waals surface area (Å²) in [5.41, 5.74) is 5.39. The summed E-state index contributed by atoms with van der Waals surface area (Å²) in [7, 11) is -0.980. The van der Waals surface area contributed by atoms with Gasteiger partial charge in [0.1, 0.15) is 0 Å². The zero-order valence-corrected chi connectivity index (χ0v) is 13.3. The molecule has 0 spiro atoms. The minimum absolute atomic E-state index is 0.980. The van der Waals surface area contributed by atoms with E-state index < -0.39 is 7.26 Å². The van der Waals surface area contributed by atoms with Crippen molar-refractivity contribution in [1.82, 2.24) is 0 Å². The van der Waals surface area contributed by atoms with Crippen molar-refractivity contribution >= 4 is 18.9 Å². The van der Waals surface area contributed by atoms with Gasteiger partial charge in [0, 0.05) is 17.0 Å². The molecule has 0 saturated heterocycles. The number of hydrogen-bond acceptors (Lipinski definition) is 0. The minimum Gasteiger partial charge on any atom is -0.304 e. The quantitative estimate of drug-likeness (QED) is 0.427. The highest BCUT2D eigenvalue weighted by molar-refractivity contribution is 7.81. The van der Waals surface area contributed by atoms with E-state index in [1.165, 1.54) is 77.0 Å². The number of halogens is 1. The van der Waals surface area contributed by atoms with Crippen molar-refractivity contribution in [2.75, 3.05) is 0 Å². The highest BCUT2D eigenvalue weighted by atomic mass is 35.5. The van der Waals surface area contributed by atoms with Crippen LogP contribution in [0.1, 0.15) is 77.0 Å². The first-order chi connectivity index (χ1) is 8.88. The SMILES string of the molecule is Cl[CH-][P+](C1CCCC1)(C1CCCC1)C1CCCC1. The molecule has 3 rings (SSSR count). The molecule has 0 aromatic rings. The Kier molecular flexibility index (Phi) is 4.57. The average molecular weight is 287 g/mol. The molecule has 0 bridgehead atoms. The zero-order valence-electron chi connectivity index (χ0n) is 11.6. The monoisotopic (exact) mass is 286 g/mol. The van der Waals surface area contributed by atoms with Crippen LogP contribution in [-0.2, 0) is 0 Å². The van der Waals surface area contributed by atoms with Crippen LogP contribution in [0.5, 0.6) is 0 Å². The first kappa shape index (κ1) is 13.7. The molecule has 0 aromatic heterocycles. The van der Waals surface area contributed by atoms with Crippen LogP contribution >= 0.6 is 18.9 Å². The van der Waals surface area contributed by atoms with Crippen molar-refractivity contribution in [1.29, 1.82) is 0 Å². The summed E-state index contributed by atoms with van der Waals surface area (Å²) in [5.74, 6) is 0. The average Bonchev–Trinajstić information content (AvgIpc) is 3.16. The van der Waals surface area contributed by atoms with Crippen molar-refractivity contribution in [3.63, 3.8) is 0 Å². The summed E-state index contributed by atoms with van der Waals surface area (Å²) in [5, 5.41) is 0. The van der Waals surface area contributed by atoms with Gasteiger partial charge in [0.25, 0.3) is 0 Å². The Balaban J connectivity index is 1.87. The van der Waals surface area contributed by atoms with E-state index in [9.17, 15) is 0 Å². The van der Waals surface area contributed by atoms with E-state index in [4.69, 9.17) is 11.6 Å². The first-order valence-corrected chi connectivity index (χ1v) is 10.7. The maximum absolute atomic E-state index is 6.59. The van der Waals surface area contributed by atoms with Gasteiger partial charge in [-0.25, -0.2) is 0 Å². The Morgan fingerprint density at radius 1 is 0.611 bits per heavy atom. The van der Waals surface area contributed by atoms with Crippen molar-refractivity contribution in [3.05, 3.63) is 5.62 Å². The summed E-state index contributed by atoms with van der Waals surface area (Å²) >= 11 is 6.59. The Morgan fingerprint density at radius 2 is 0.889 bits per heavy atom. The fourth-order valence-electron chi connectivity index (χ4n) is 5.19. The van der Waals surface area contributed by atoms with Gasteiger partial charge in [0.05, 0.1) is 0 Å². The lowest BCUT2D eigenvalue weighted by Gasteiger charge is -2.48. The van der Waals surface area contributed by atoms with E-state index in [0.29, 0.717) is 0 Å². The molecule has 0 nitrogen and oxygen atoms in total. The third-order valence-corrected chi connectivity index (χ3v) is 12.7. The van der Waals surface area contributed by atoms with E-state index in [1.807, 2.05) is 0 Å². The normalized spacial score (nSPS) is 28.5. The van der Waals surface area contributed by atoms with Crippen molar-refractivity contribution in [2.24, 2.45) is 0 Å². The second-order valence-corrected chi connectivity index (χ2v) is 11.6. The summed E-state index contributed by atoms with van der Waals surface area (Å²) in [6, 6.07) is 0. The maximum Gasteiger partial charge on any atom is 0.0449 e. The molecule has 0 atom stereocenters. The van der Waals surface area contributed by atoms with Crippen LogP contribution in [0.15, 0.2) is 0 Å². The van der Waals surface area contributed by atoms with Crippen molar-refractivity contribution < 1.29 is 0 Å². The molecule has 3 saturated carbocycles. The summed E-state index contributed by atoms with van der Waals surface area (Å²) in [6.07, 6.45) is 17.9. The van der Waals surface area contributed by atoms with Gasteiger partial charge in [-0.3, -0.25) is 0 Å². The van der Waals surface area contributed by atoms with Crippen LogP contribution in [0.4, 0.5) is 0 Å². The first-order valence-electron chi connectivity index (χ1n) is 8.20. The highest BCUT2D eigenvalue weighted by Crippen LogP contribution is 2.80. The molecule has 0 radical (unpaired) electrons. The Bertz CT molecular complexity index is 219. The van der Waals surface area contributed by atoms with Gasteiger partial charge in [-0.15, -0.1) is 0 Å². The van der Waals surface area contributed by atoms with Crippen LogP contribution in [0, 0.1) is 5.62 Å². The Hall–Kier alpha value is 0.720. The molecule has 0 amide bonds. The third-order valence-electron chi connectivity index (χ3n) is 6.04. The minimum atomic E-state index is -0.980. The van der Waals surface area contributed by atoms with Crippen LogP contribution in [0.3, 0.4) is 0 Å². The van der Waals surface area contributed by atoms with Gasteiger partial charge in [-0.05, 0) is 77.0 Å². The second kappa shape index (κ2) is 6.01. The van der Waals surface area contributed by atoms with Gasteiger partial charge in [-0.1, -0.05) is 12.9 Å². The molecule has 18 heavy (non-hydrogen) atoms. The molecule has 2 heteroatoms. The molecule has 0 heterocycles. The van der Waals surface area contributed by atoms with Crippen LogP contribution in [0.25, 0.3) is 0 Å². The summed E-state index contributed by atoms with van der Waals surface area (Å²) < 4.78 is 0. The molecule has 3 aliphatic carbocycles. The fraction of sp³-hybridized carbons (Fsp3) is 0.938. The molecule has 3 aliphatic rings. The smallest absolute Gasteiger partial charge is 0.0449 e. The topological polar surface area (TPSA) is 0 Å². The molecule has 0 unspecified atom stereocenters. The molecule has 3 fully saturated rings. The largest absolute Gasteiger partial charge is 0.304 e. The molecule has 0 aliphatic heterocycles. The molecular formula is C16H28ClP. The van der Waals surface area contributed by atoms with E-state index in [2.05, 4.69) is 5.62 Å². The lowest BCUT2D eigenvalue weighted by molar-refractivity contribution is 0.759. The molecule has 0 aromatic carbocycles. The lowest BCUT2D eigenvalue weighted by atomic mass is 10.3. The molecular weight excluding hydrogens is 259 g/mol. The standard InChI is InChI=1S/C16H28ClP/c17-13-18(14-7-1-2-8-14,15-9-3-4-10-15)16-11-5-6-12-16/h13-16H,1-12H2. The van der Waals surface area contributed by atoms with Gasteiger partial charge in [0.2, 0.25) is 0 Å². The van der Waals surface area contributed by atoms with Crippen molar-refractivity contribution in [3.8, 4) is 0 Å². The van der Waals surface area contributed by atoms with E-state index in [-0.39, 0.29) is 0 Å². The Labute approximate surface area is 119 Å². The third kappa shape index (κ3) is 2.26. The van der Waals surface area contributed by atoms with Crippen LogP contribution in [0.2, 0.25) is 0 Å². The van der Waals surface area contributed by atoms with Gasteiger partial charge in [-0.2, -0.15) is 0 Å². The predicted molar refractivity (Wildman–Crippen MR) is 83.8 cm³/mol. The van der Waals surface area contributed by atoms with E-state index in [1.54, 1.807) is 0 Å². The van der Waals surface area contributed by atoms with Gasteiger partial charge < -0.3 is 11.6 Å². The Morgan fingerprint density at radius 3 is 1.11 bits per heavy atom. The van der Waals surface area contributed by atoms with Gasteiger partial charge in [0.15, 0.2) is 0 Å². The number of rotatable bonds is 4. The second-order valence-electron chi connectivity index (χ2n) is 6.81. The number of hydrogen-bond donors (Lipinski definition) is 0. The predicted octanol–water partition coefficient (Wildman–Crippen LogP) is 6.19. The van der Waals surface area contributed by atoms with Crippen LogP contribution < -0.4 is 0 Å². The van der Waals surface area contributed by atoms with Crippen molar-refractivity contribution in [2.45, 2.75) is 94.0 Å². The molecule has 104 valence electrons. The zero-order chi connectivity index (χ0) is 12.4. The van der Waals surface area contributed by atoms with Gasteiger partial charge >= 0.3 is 0 Å². The maximum atomic E-state index is 6.59. The van der Waals surface area contributed by atoms with Crippen LogP contribution in [-0.4, -0.2) is 17.0 Å².